The van der Waals surface area contributed by atoms with Gasteiger partial charge in [-0.05, 0) is 53.2 Å². The van der Waals surface area contributed by atoms with Crippen LogP contribution in [-0.4, -0.2) is 22.2 Å². The van der Waals surface area contributed by atoms with Gasteiger partial charge >= 0.3 is 5.97 Å². The lowest BCUT2D eigenvalue weighted by molar-refractivity contribution is -0.115. The zero-order valence-electron chi connectivity index (χ0n) is 13.0. The van der Waals surface area contributed by atoms with E-state index in [1.54, 1.807) is 30.3 Å². The number of imide groups is 1. The number of nitrogens with one attached hydrogen (secondary N) is 2. The molecule has 6 nitrogen and oxygen atoms in total. The summed E-state index contributed by atoms with van der Waals surface area (Å²) in [5.74, 6) is -1.32. The fourth-order valence-corrected chi connectivity index (χ4v) is 2.92. The van der Waals surface area contributed by atoms with Gasteiger partial charge in [-0.3, -0.25) is 14.9 Å². The van der Waals surface area contributed by atoms with E-state index in [-0.39, 0.29) is 16.7 Å². The van der Waals surface area contributed by atoms with Crippen LogP contribution >= 0.6 is 11.8 Å². The molecule has 0 bridgehead atoms. The number of amides is 2. The highest BCUT2D eigenvalue weighted by atomic mass is 32.2. The van der Waals surface area contributed by atoms with E-state index in [2.05, 4.69) is 10.6 Å². The molecule has 0 aromatic heterocycles. The van der Waals surface area contributed by atoms with Crippen molar-refractivity contribution in [1.82, 2.24) is 5.32 Å². The number of carboxylic acids is 1. The Morgan fingerprint density at radius 3 is 2.32 bits per heavy atom. The normalized spacial score (nSPS) is 15.3. The third-order valence-corrected chi connectivity index (χ3v) is 4.36. The first kappa shape index (κ1) is 16.8. The van der Waals surface area contributed by atoms with Crippen LogP contribution in [-0.2, 0) is 11.3 Å². The molecule has 1 saturated heterocycles. The minimum Gasteiger partial charge on any atom is -0.478 e. The SMILES string of the molecule is O=C1NC(=O)/C(=C/c2ccc(CNc3ccc(C(=O)O)cc3)cc2)S1. The molecule has 2 aromatic carbocycles. The van der Waals surface area contributed by atoms with Crippen molar-refractivity contribution >= 4 is 40.6 Å². The highest BCUT2D eigenvalue weighted by Gasteiger charge is 2.24. The van der Waals surface area contributed by atoms with Crippen molar-refractivity contribution in [3.63, 3.8) is 0 Å². The fourth-order valence-electron chi connectivity index (χ4n) is 2.24. The van der Waals surface area contributed by atoms with E-state index in [0.29, 0.717) is 11.4 Å². The Morgan fingerprint density at radius 2 is 1.76 bits per heavy atom. The Balaban J connectivity index is 1.61. The zero-order chi connectivity index (χ0) is 17.8. The van der Waals surface area contributed by atoms with Gasteiger partial charge in [0.2, 0.25) is 0 Å². The maximum absolute atomic E-state index is 11.5. The summed E-state index contributed by atoms with van der Waals surface area (Å²) in [5, 5.41) is 13.9. The van der Waals surface area contributed by atoms with Crippen molar-refractivity contribution in [3.8, 4) is 0 Å². The number of anilines is 1. The molecule has 1 aliphatic rings. The molecule has 2 aromatic rings. The molecule has 1 fully saturated rings. The third kappa shape index (κ3) is 4.27. The summed E-state index contributed by atoms with van der Waals surface area (Å²) < 4.78 is 0. The number of hydrogen-bond acceptors (Lipinski definition) is 5. The standard InChI is InChI=1S/C18H14N2O4S/c21-16-15(25-18(24)20-16)9-11-1-3-12(4-2-11)10-19-14-7-5-13(6-8-14)17(22)23/h1-9,19H,10H2,(H,22,23)(H,20,21,24)/b15-9-. The zero-order valence-corrected chi connectivity index (χ0v) is 13.8. The predicted molar refractivity (Wildman–Crippen MR) is 96.3 cm³/mol. The molecule has 0 aliphatic carbocycles. The minimum absolute atomic E-state index is 0.246. The average molecular weight is 354 g/mol. The second-order valence-electron chi connectivity index (χ2n) is 5.33. The van der Waals surface area contributed by atoms with E-state index in [4.69, 9.17) is 5.11 Å². The van der Waals surface area contributed by atoms with E-state index in [9.17, 15) is 14.4 Å². The largest absolute Gasteiger partial charge is 0.478 e. The van der Waals surface area contributed by atoms with Crippen LogP contribution in [0.1, 0.15) is 21.5 Å². The van der Waals surface area contributed by atoms with Crippen molar-refractivity contribution in [2.45, 2.75) is 6.54 Å². The maximum atomic E-state index is 11.5. The van der Waals surface area contributed by atoms with Gasteiger partial charge in [-0.2, -0.15) is 0 Å². The first-order chi connectivity index (χ1) is 12.0. The molecule has 0 atom stereocenters. The summed E-state index contributed by atoms with van der Waals surface area (Å²) in [5.41, 5.74) is 2.94. The molecule has 7 heteroatoms. The summed E-state index contributed by atoms with van der Waals surface area (Å²) in [6, 6.07) is 14.1. The lowest BCUT2D eigenvalue weighted by Crippen LogP contribution is -2.17. The van der Waals surface area contributed by atoms with Crippen LogP contribution in [0, 0.1) is 0 Å². The van der Waals surface area contributed by atoms with Crippen molar-refractivity contribution in [1.29, 1.82) is 0 Å². The van der Waals surface area contributed by atoms with Gasteiger partial charge in [0.1, 0.15) is 0 Å². The van der Waals surface area contributed by atoms with Crippen LogP contribution in [0.4, 0.5) is 10.5 Å². The van der Waals surface area contributed by atoms with Crippen molar-refractivity contribution in [3.05, 3.63) is 70.1 Å². The number of carbonyl (C=O) groups is 3. The Bertz CT molecular complexity index is 858. The minimum atomic E-state index is -0.952. The van der Waals surface area contributed by atoms with Crippen LogP contribution in [0.5, 0.6) is 0 Å². The van der Waals surface area contributed by atoms with Crippen molar-refractivity contribution in [2.75, 3.05) is 5.32 Å². The monoisotopic (exact) mass is 354 g/mol. The van der Waals surface area contributed by atoms with Crippen LogP contribution in [0.2, 0.25) is 0 Å². The summed E-state index contributed by atoms with van der Waals surface area (Å²) in [6.45, 7) is 0.580. The van der Waals surface area contributed by atoms with Crippen LogP contribution in [0.15, 0.2) is 53.4 Å². The summed E-state index contributed by atoms with van der Waals surface area (Å²) >= 11 is 0.891. The average Bonchev–Trinajstić information content (AvgIpc) is 2.92. The molecule has 126 valence electrons. The maximum Gasteiger partial charge on any atom is 0.335 e. The lowest BCUT2D eigenvalue weighted by atomic mass is 10.1. The van der Waals surface area contributed by atoms with Gasteiger partial charge in [-0.25, -0.2) is 4.79 Å². The Labute approximate surface area is 147 Å². The van der Waals surface area contributed by atoms with Crippen LogP contribution in [0.25, 0.3) is 6.08 Å². The highest BCUT2D eigenvalue weighted by molar-refractivity contribution is 8.18. The quantitative estimate of drug-likeness (QED) is 0.713. The Kier molecular flexibility index (Phi) is 4.85. The smallest absolute Gasteiger partial charge is 0.335 e. The molecule has 2 amide bonds. The molecule has 1 aliphatic heterocycles. The molecule has 3 rings (SSSR count). The first-order valence-corrected chi connectivity index (χ1v) is 8.24. The fraction of sp³-hybridized carbons (Fsp3) is 0.0556. The second kappa shape index (κ2) is 7.23. The van der Waals surface area contributed by atoms with Crippen LogP contribution in [0.3, 0.4) is 0 Å². The van der Waals surface area contributed by atoms with E-state index < -0.39 is 5.97 Å². The molecule has 0 saturated carbocycles. The first-order valence-electron chi connectivity index (χ1n) is 7.42. The summed E-state index contributed by atoms with van der Waals surface area (Å²) in [6.07, 6.45) is 1.67. The van der Waals surface area contributed by atoms with Gasteiger partial charge in [-0.15, -0.1) is 0 Å². The molecule has 0 radical (unpaired) electrons. The van der Waals surface area contributed by atoms with Gasteiger partial charge in [0, 0.05) is 12.2 Å². The molecular formula is C18H14N2O4S. The van der Waals surface area contributed by atoms with Gasteiger partial charge in [0.05, 0.1) is 10.5 Å². The van der Waals surface area contributed by atoms with E-state index >= 15 is 0 Å². The molecule has 3 N–H and O–H groups in total. The second-order valence-corrected chi connectivity index (χ2v) is 6.34. The number of carboxylic acid groups (broad SMARTS) is 1. The van der Waals surface area contributed by atoms with Gasteiger partial charge < -0.3 is 10.4 Å². The van der Waals surface area contributed by atoms with E-state index in [1.807, 2.05) is 24.3 Å². The van der Waals surface area contributed by atoms with E-state index in [0.717, 1.165) is 28.6 Å². The molecule has 25 heavy (non-hydrogen) atoms. The lowest BCUT2D eigenvalue weighted by Gasteiger charge is -2.07. The number of thioether (sulfide) groups is 1. The van der Waals surface area contributed by atoms with Gasteiger partial charge in [-0.1, -0.05) is 24.3 Å². The third-order valence-electron chi connectivity index (χ3n) is 3.55. The van der Waals surface area contributed by atoms with Crippen molar-refractivity contribution in [2.24, 2.45) is 0 Å². The topological polar surface area (TPSA) is 95.5 Å². The number of hydrogen-bond donors (Lipinski definition) is 3. The summed E-state index contributed by atoms with van der Waals surface area (Å²) in [7, 11) is 0. The van der Waals surface area contributed by atoms with Gasteiger partial charge in [0.25, 0.3) is 11.1 Å². The highest BCUT2D eigenvalue weighted by Crippen LogP contribution is 2.25. The molecule has 0 spiro atoms. The number of rotatable bonds is 5. The van der Waals surface area contributed by atoms with Gasteiger partial charge in [0.15, 0.2) is 0 Å². The number of benzene rings is 2. The van der Waals surface area contributed by atoms with Crippen molar-refractivity contribution < 1.29 is 19.5 Å². The molecule has 0 unspecified atom stereocenters. The molecule has 1 heterocycles. The number of carbonyl (C=O) groups excluding carboxylic acids is 2. The molecular weight excluding hydrogens is 340 g/mol. The van der Waals surface area contributed by atoms with Crippen LogP contribution < -0.4 is 10.6 Å². The summed E-state index contributed by atoms with van der Waals surface area (Å²) in [4.78, 5) is 33.8. The number of aromatic carboxylic acids is 1. The van der Waals surface area contributed by atoms with E-state index in [1.165, 1.54) is 0 Å². The predicted octanol–water partition coefficient (Wildman–Crippen LogP) is 3.32. The Hall–Kier alpha value is -3.06. The Morgan fingerprint density at radius 1 is 1.08 bits per heavy atom.